The molecule has 2 aromatic heterocycles. The molecule has 2 aromatic carbocycles. The van der Waals surface area contributed by atoms with Crippen LogP contribution in [0.25, 0.3) is 10.9 Å². The van der Waals surface area contributed by atoms with Gasteiger partial charge in [-0.05, 0) is 55.3 Å². The first-order valence-corrected chi connectivity index (χ1v) is 11.0. The van der Waals surface area contributed by atoms with Gasteiger partial charge < -0.3 is 15.2 Å². The van der Waals surface area contributed by atoms with Crippen molar-refractivity contribution >= 4 is 34.1 Å². The number of methoxy groups -OCH3 is 1. The quantitative estimate of drug-likeness (QED) is 0.378. The average molecular weight is 490 g/mol. The largest absolute Gasteiger partial charge is 0.481 e. The zero-order chi connectivity index (χ0) is 25.4. The molecule has 2 amide bonds. The van der Waals surface area contributed by atoms with E-state index in [0.29, 0.717) is 22.5 Å². The van der Waals surface area contributed by atoms with Crippen LogP contribution >= 0.6 is 0 Å². The minimum atomic E-state index is -1.37. The Bertz CT molecular complexity index is 1490. The number of anilines is 2. The number of aromatic nitrogens is 2. The number of nitrogens with two attached hydrogens (primary N) is 1. The lowest BCUT2D eigenvalue weighted by molar-refractivity contribution is -0.133. The molecular weight excluding hydrogens is 470 g/mol. The third-order valence-electron chi connectivity index (χ3n) is 6.08. The summed E-state index contributed by atoms with van der Waals surface area (Å²) in [7, 11) is 1.49. The number of fused-ring (bicyclic) bond motifs is 1. The monoisotopic (exact) mass is 490 g/mol. The topological polar surface area (TPSA) is 108 Å². The van der Waals surface area contributed by atoms with Crippen molar-refractivity contribution in [3.05, 3.63) is 78.6 Å². The maximum atomic E-state index is 15.3. The molecule has 1 aliphatic carbocycles. The Balaban J connectivity index is 1.51. The van der Waals surface area contributed by atoms with E-state index in [2.05, 4.69) is 9.97 Å². The molecule has 1 aliphatic rings. The third-order valence-corrected chi connectivity index (χ3v) is 6.08. The normalized spacial score (nSPS) is 13.8. The second kappa shape index (κ2) is 8.88. The summed E-state index contributed by atoms with van der Waals surface area (Å²) in [6, 6.07) is 12.2. The average Bonchev–Trinajstić information content (AvgIpc) is 3.69. The molecule has 0 radical (unpaired) electrons. The highest BCUT2D eigenvalue weighted by Gasteiger charge is 2.57. The highest BCUT2D eigenvalue weighted by atomic mass is 19.1. The molecule has 0 spiro atoms. The number of pyridine rings is 2. The first-order chi connectivity index (χ1) is 17.3. The number of rotatable bonds is 7. The van der Waals surface area contributed by atoms with E-state index < -0.39 is 28.9 Å². The van der Waals surface area contributed by atoms with Crippen LogP contribution in [-0.2, 0) is 9.59 Å². The van der Waals surface area contributed by atoms with E-state index in [1.165, 1.54) is 60.8 Å². The molecule has 0 bridgehead atoms. The lowest BCUT2D eigenvalue weighted by atomic mass is 10.0. The van der Waals surface area contributed by atoms with Gasteiger partial charge >= 0.3 is 0 Å². The van der Waals surface area contributed by atoms with Gasteiger partial charge in [0, 0.05) is 30.2 Å². The van der Waals surface area contributed by atoms with Crippen LogP contribution in [0.4, 0.5) is 20.2 Å². The number of halogens is 2. The van der Waals surface area contributed by atoms with Gasteiger partial charge in [0.1, 0.15) is 17.0 Å². The second-order valence-corrected chi connectivity index (χ2v) is 8.33. The predicted octanol–water partition coefficient (Wildman–Crippen LogP) is 4.64. The molecular formula is C26H20F2N4O4. The van der Waals surface area contributed by atoms with Gasteiger partial charge in [-0.3, -0.25) is 19.5 Å². The lowest BCUT2D eigenvalue weighted by Gasteiger charge is -2.26. The zero-order valence-electron chi connectivity index (χ0n) is 19.1. The Labute approximate surface area is 204 Å². The van der Waals surface area contributed by atoms with Gasteiger partial charge in [0.15, 0.2) is 11.6 Å². The molecule has 2 heterocycles. The first-order valence-electron chi connectivity index (χ1n) is 11.0. The van der Waals surface area contributed by atoms with E-state index in [1.807, 2.05) is 0 Å². The molecule has 1 fully saturated rings. The second-order valence-electron chi connectivity index (χ2n) is 8.33. The highest BCUT2D eigenvalue weighted by molar-refractivity contribution is 6.16. The number of ether oxygens (including phenoxy) is 2. The van der Waals surface area contributed by atoms with Crippen LogP contribution in [0, 0.1) is 17.0 Å². The highest BCUT2D eigenvalue weighted by Crippen LogP contribution is 2.49. The minimum Gasteiger partial charge on any atom is -0.481 e. The summed E-state index contributed by atoms with van der Waals surface area (Å²) in [4.78, 5) is 35.0. The van der Waals surface area contributed by atoms with Crippen molar-refractivity contribution in [2.24, 2.45) is 11.1 Å². The molecule has 4 aromatic rings. The standard InChI is InChI=1S/C26H20F2N4O4/c1-35-23-13-20-18(14-31-23)21(8-11-30-20)36-22-7-6-17(12-19(22)28)32(16-4-2-15(27)3-5-16)25(34)26(9-10-26)24(29)33/h2-8,11-14H,9-10H2,1H3,(H2,29,33). The van der Waals surface area contributed by atoms with Gasteiger partial charge in [0.25, 0.3) is 0 Å². The molecule has 8 nitrogen and oxygen atoms in total. The van der Waals surface area contributed by atoms with Crippen molar-refractivity contribution < 1.29 is 27.8 Å². The van der Waals surface area contributed by atoms with E-state index in [0.717, 1.165) is 6.07 Å². The smallest absolute Gasteiger partial charge is 0.247 e. The molecule has 10 heteroatoms. The Morgan fingerprint density at radius 3 is 2.33 bits per heavy atom. The Morgan fingerprint density at radius 1 is 0.972 bits per heavy atom. The fourth-order valence-electron chi connectivity index (χ4n) is 3.91. The SMILES string of the molecule is COc1cc2nccc(Oc3ccc(N(C(=O)C4(C(N)=O)CC4)c4ccc(F)cc4)cc3F)c2cn1. The molecule has 182 valence electrons. The number of hydrogen-bond acceptors (Lipinski definition) is 6. The molecule has 0 aliphatic heterocycles. The van der Waals surface area contributed by atoms with Crippen LogP contribution in [0.3, 0.4) is 0 Å². The maximum absolute atomic E-state index is 15.3. The van der Waals surface area contributed by atoms with Crippen LogP contribution < -0.4 is 20.1 Å². The predicted molar refractivity (Wildman–Crippen MR) is 127 cm³/mol. The lowest BCUT2D eigenvalue weighted by Crippen LogP contribution is -2.41. The fraction of sp³-hybridized carbons (Fsp3) is 0.154. The molecule has 0 saturated heterocycles. The van der Waals surface area contributed by atoms with Crippen molar-refractivity contribution in [2.75, 3.05) is 12.0 Å². The number of carbonyl (C=O) groups is 2. The number of hydrogen-bond donors (Lipinski definition) is 1. The zero-order valence-corrected chi connectivity index (χ0v) is 19.1. The van der Waals surface area contributed by atoms with Gasteiger partial charge in [-0.25, -0.2) is 13.8 Å². The molecule has 0 unspecified atom stereocenters. The van der Waals surface area contributed by atoms with Gasteiger partial charge in [-0.2, -0.15) is 0 Å². The summed E-state index contributed by atoms with van der Waals surface area (Å²) in [5.41, 5.74) is 5.07. The fourth-order valence-corrected chi connectivity index (χ4v) is 3.91. The molecule has 0 atom stereocenters. The van der Waals surface area contributed by atoms with Crippen molar-refractivity contribution in [1.29, 1.82) is 0 Å². The van der Waals surface area contributed by atoms with E-state index >= 15 is 4.39 Å². The van der Waals surface area contributed by atoms with E-state index in [4.69, 9.17) is 15.2 Å². The summed E-state index contributed by atoms with van der Waals surface area (Å²) in [5, 5.41) is 0.544. The third kappa shape index (κ3) is 4.06. The summed E-state index contributed by atoms with van der Waals surface area (Å²) in [5.74, 6) is -2.04. The van der Waals surface area contributed by atoms with Crippen molar-refractivity contribution in [1.82, 2.24) is 9.97 Å². The van der Waals surface area contributed by atoms with Gasteiger partial charge in [-0.1, -0.05) is 0 Å². The van der Waals surface area contributed by atoms with Gasteiger partial charge in [0.2, 0.25) is 17.7 Å². The van der Waals surface area contributed by atoms with Crippen LogP contribution in [0.1, 0.15) is 12.8 Å². The number of nitrogens with zero attached hydrogens (tertiary/aromatic N) is 3. The Kier molecular flexibility index (Phi) is 5.71. The van der Waals surface area contributed by atoms with Crippen LogP contribution in [0.5, 0.6) is 17.4 Å². The Hall–Kier alpha value is -4.60. The first kappa shape index (κ1) is 23.2. The summed E-state index contributed by atoms with van der Waals surface area (Å²) in [6.07, 6.45) is 3.60. The van der Waals surface area contributed by atoms with Crippen molar-refractivity contribution in [3.63, 3.8) is 0 Å². The molecule has 5 rings (SSSR count). The van der Waals surface area contributed by atoms with E-state index in [-0.39, 0.29) is 30.0 Å². The molecule has 36 heavy (non-hydrogen) atoms. The number of carbonyl (C=O) groups excluding carboxylic acids is 2. The van der Waals surface area contributed by atoms with Crippen LogP contribution in [0.2, 0.25) is 0 Å². The van der Waals surface area contributed by atoms with E-state index in [9.17, 15) is 14.0 Å². The van der Waals surface area contributed by atoms with Crippen molar-refractivity contribution in [2.45, 2.75) is 12.8 Å². The minimum absolute atomic E-state index is 0.107. The maximum Gasteiger partial charge on any atom is 0.247 e. The van der Waals surface area contributed by atoms with Crippen LogP contribution in [-0.4, -0.2) is 28.9 Å². The summed E-state index contributed by atoms with van der Waals surface area (Å²) < 4.78 is 39.7. The molecule has 2 N–H and O–H groups in total. The number of benzene rings is 2. The number of primary amides is 1. The van der Waals surface area contributed by atoms with Crippen molar-refractivity contribution in [3.8, 4) is 17.4 Å². The van der Waals surface area contributed by atoms with Gasteiger partial charge in [-0.15, -0.1) is 0 Å². The van der Waals surface area contributed by atoms with Crippen LogP contribution in [0.15, 0.2) is 67.0 Å². The summed E-state index contributed by atoms with van der Waals surface area (Å²) in [6.45, 7) is 0. The summed E-state index contributed by atoms with van der Waals surface area (Å²) >= 11 is 0. The molecule has 1 saturated carbocycles. The number of amides is 2. The van der Waals surface area contributed by atoms with E-state index in [1.54, 1.807) is 12.1 Å². The van der Waals surface area contributed by atoms with Gasteiger partial charge in [0.05, 0.1) is 23.7 Å². The Morgan fingerprint density at radius 2 is 1.69 bits per heavy atom.